The number of para-hydroxylation sites is 1. The fraction of sp³-hybridized carbons (Fsp3) is 0.200. The molecule has 4 rings (SSSR count). The van der Waals surface area contributed by atoms with E-state index >= 15 is 0 Å². The molecule has 0 saturated carbocycles. The van der Waals surface area contributed by atoms with Gasteiger partial charge in [-0.05, 0) is 35.9 Å². The Kier molecular flexibility index (Phi) is 6.81. The van der Waals surface area contributed by atoms with Crippen LogP contribution in [-0.4, -0.2) is 31.3 Å². The maximum atomic E-state index is 14.4. The molecule has 0 bridgehead atoms. The van der Waals surface area contributed by atoms with E-state index in [-0.39, 0.29) is 47.3 Å². The van der Waals surface area contributed by atoms with Crippen molar-refractivity contribution in [3.05, 3.63) is 87.9 Å². The van der Waals surface area contributed by atoms with Crippen LogP contribution in [0.15, 0.2) is 60.7 Å². The molecule has 3 aromatic carbocycles. The van der Waals surface area contributed by atoms with Crippen LogP contribution >= 0.6 is 11.6 Å². The number of halogens is 8. The number of ether oxygens (including phenoxy) is 1. The molecule has 0 unspecified atom stereocenters. The molecule has 0 radical (unpaired) electrons. The van der Waals surface area contributed by atoms with Crippen molar-refractivity contribution in [3.8, 4) is 5.75 Å². The van der Waals surface area contributed by atoms with E-state index in [1.54, 1.807) is 24.3 Å². The molecule has 1 aliphatic heterocycles. The second-order valence-electron chi connectivity index (χ2n) is 8.21. The van der Waals surface area contributed by atoms with Gasteiger partial charge in [0.2, 0.25) is 0 Å². The van der Waals surface area contributed by atoms with Gasteiger partial charge in [0.1, 0.15) is 0 Å². The van der Waals surface area contributed by atoms with Crippen LogP contribution in [0.1, 0.15) is 31.8 Å². The number of anilines is 2. The summed E-state index contributed by atoms with van der Waals surface area (Å²) in [4.78, 5) is 27.3. The quantitative estimate of drug-likeness (QED) is 0.340. The first-order valence-corrected chi connectivity index (χ1v) is 11.1. The maximum Gasteiger partial charge on any atom is 0.435 e. The third-order valence-electron chi connectivity index (χ3n) is 5.95. The number of carbonyl (C=O) groups excluding carboxylic acids is 2. The number of benzene rings is 3. The average molecular weight is 561 g/mol. The standard InChI is InChI=1S/C25H16ClF7N2O3/c1-38-20-16(7-4-8-19(20)35-12-13-5-2-3-6-15(13)22(35)37)21(36)34-18-10-9-14(11-17(18)26)23(27,24(28,29)30)25(31,32)33/h2-11H,12H2,1H3,(H,34,36). The normalized spacial score (nSPS) is 13.9. The zero-order chi connectivity index (χ0) is 28.0. The molecular formula is C25H16ClF7N2O3. The SMILES string of the molecule is COc1c(C(=O)Nc2ccc(C(F)(C(F)(F)F)C(F)(F)F)cc2Cl)cccc1N1Cc2ccccc2C1=O. The first kappa shape index (κ1) is 27.2. The third-order valence-corrected chi connectivity index (χ3v) is 6.26. The van der Waals surface area contributed by atoms with Gasteiger partial charge < -0.3 is 15.0 Å². The number of nitrogens with one attached hydrogen (secondary N) is 1. The van der Waals surface area contributed by atoms with E-state index in [4.69, 9.17) is 16.3 Å². The van der Waals surface area contributed by atoms with Crippen LogP contribution in [0.2, 0.25) is 5.02 Å². The molecule has 38 heavy (non-hydrogen) atoms. The summed E-state index contributed by atoms with van der Waals surface area (Å²) in [5.74, 6) is -1.25. The van der Waals surface area contributed by atoms with Gasteiger partial charge in [-0.2, -0.15) is 26.3 Å². The summed E-state index contributed by atoms with van der Waals surface area (Å²) in [6.07, 6.45) is -12.6. The van der Waals surface area contributed by atoms with E-state index in [1.165, 1.54) is 30.2 Å². The molecule has 1 heterocycles. The van der Waals surface area contributed by atoms with E-state index in [0.717, 1.165) is 5.56 Å². The minimum Gasteiger partial charge on any atom is -0.494 e. The number of fused-ring (bicyclic) bond motifs is 1. The van der Waals surface area contributed by atoms with E-state index in [9.17, 15) is 40.3 Å². The van der Waals surface area contributed by atoms with Crippen LogP contribution in [0.4, 0.5) is 42.1 Å². The molecule has 1 N–H and O–H groups in total. The molecule has 0 fully saturated rings. The van der Waals surface area contributed by atoms with Crippen LogP contribution in [0.3, 0.4) is 0 Å². The van der Waals surface area contributed by atoms with Gasteiger partial charge in [-0.3, -0.25) is 9.59 Å². The van der Waals surface area contributed by atoms with Gasteiger partial charge in [0.15, 0.2) is 5.75 Å². The molecule has 0 atom stereocenters. The zero-order valence-electron chi connectivity index (χ0n) is 19.2. The maximum absolute atomic E-state index is 14.4. The van der Waals surface area contributed by atoms with Crippen molar-refractivity contribution < 1.29 is 45.1 Å². The molecule has 200 valence electrons. The second kappa shape index (κ2) is 9.50. The summed E-state index contributed by atoms with van der Waals surface area (Å²) in [5, 5.41) is 1.49. The van der Waals surface area contributed by atoms with Crippen molar-refractivity contribution in [2.75, 3.05) is 17.3 Å². The van der Waals surface area contributed by atoms with Crippen LogP contribution < -0.4 is 15.0 Å². The summed E-state index contributed by atoms with van der Waals surface area (Å²) in [6.45, 7) is 0.202. The number of alkyl halides is 7. The predicted molar refractivity (Wildman–Crippen MR) is 124 cm³/mol. The first-order valence-electron chi connectivity index (χ1n) is 10.7. The van der Waals surface area contributed by atoms with E-state index in [1.807, 2.05) is 0 Å². The lowest BCUT2D eigenvalue weighted by atomic mass is 9.94. The predicted octanol–water partition coefficient (Wildman–Crippen LogP) is 7.05. The van der Waals surface area contributed by atoms with Gasteiger partial charge in [0.25, 0.3) is 11.8 Å². The lowest BCUT2D eigenvalue weighted by Gasteiger charge is -2.30. The Bertz CT molecular complexity index is 1410. The zero-order valence-corrected chi connectivity index (χ0v) is 19.9. The highest BCUT2D eigenvalue weighted by atomic mass is 35.5. The highest BCUT2D eigenvalue weighted by Crippen LogP contribution is 2.53. The molecule has 3 aromatic rings. The average Bonchev–Trinajstić information content (AvgIpc) is 3.19. The fourth-order valence-electron chi connectivity index (χ4n) is 4.09. The Balaban J connectivity index is 1.65. The Morgan fingerprint density at radius 1 is 0.947 bits per heavy atom. The Hall–Kier alpha value is -3.80. The van der Waals surface area contributed by atoms with Crippen molar-refractivity contribution in [1.82, 2.24) is 0 Å². The fourth-order valence-corrected chi connectivity index (χ4v) is 4.32. The van der Waals surface area contributed by atoms with E-state index in [0.29, 0.717) is 11.6 Å². The molecule has 13 heteroatoms. The molecule has 0 aliphatic carbocycles. The number of rotatable bonds is 5. The van der Waals surface area contributed by atoms with Crippen molar-refractivity contribution in [1.29, 1.82) is 0 Å². The molecule has 0 spiro atoms. The second-order valence-corrected chi connectivity index (χ2v) is 8.62. The highest BCUT2D eigenvalue weighted by Gasteiger charge is 2.73. The van der Waals surface area contributed by atoms with E-state index < -0.39 is 34.5 Å². The Morgan fingerprint density at radius 2 is 1.61 bits per heavy atom. The lowest BCUT2D eigenvalue weighted by molar-refractivity contribution is -0.348. The number of amides is 2. The largest absolute Gasteiger partial charge is 0.494 e. The van der Waals surface area contributed by atoms with Gasteiger partial charge in [0.05, 0.1) is 35.6 Å². The lowest BCUT2D eigenvalue weighted by Crippen LogP contribution is -2.50. The third kappa shape index (κ3) is 4.42. The number of nitrogens with zero attached hydrogens (tertiary/aromatic N) is 1. The molecule has 0 aromatic heterocycles. The number of hydrogen-bond acceptors (Lipinski definition) is 3. The minimum atomic E-state index is -6.32. The molecule has 2 amide bonds. The number of carbonyl (C=O) groups is 2. The van der Waals surface area contributed by atoms with Crippen LogP contribution in [0.25, 0.3) is 0 Å². The van der Waals surface area contributed by atoms with Crippen LogP contribution in [-0.2, 0) is 12.2 Å². The summed E-state index contributed by atoms with van der Waals surface area (Å²) in [5.41, 5.74) is -6.50. The monoisotopic (exact) mass is 560 g/mol. The summed E-state index contributed by atoms with van der Waals surface area (Å²) in [6, 6.07) is 12.2. The van der Waals surface area contributed by atoms with Gasteiger partial charge in [-0.25, -0.2) is 4.39 Å². The van der Waals surface area contributed by atoms with Crippen molar-refractivity contribution in [2.24, 2.45) is 0 Å². The molecular weight excluding hydrogens is 545 g/mol. The Labute approximate surface area is 215 Å². The van der Waals surface area contributed by atoms with Gasteiger partial charge in [-0.1, -0.05) is 41.9 Å². The molecule has 1 aliphatic rings. The minimum absolute atomic E-state index is 0.0178. The summed E-state index contributed by atoms with van der Waals surface area (Å²) < 4.78 is 98.1. The van der Waals surface area contributed by atoms with Crippen LogP contribution in [0, 0.1) is 0 Å². The summed E-state index contributed by atoms with van der Waals surface area (Å²) >= 11 is 5.85. The van der Waals surface area contributed by atoms with Gasteiger partial charge in [-0.15, -0.1) is 0 Å². The topological polar surface area (TPSA) is 58.6 Å². The van der Waals surface area contributed by atoms with Gasteiger partial charge >= 0.3 is 18.0 Å². The van der Waals surface area contributed by atoms with Crippen molar-refractivity contribution in [2.45, 2.75) is 24.6 Å². The Morgan fingerprint density at radius 3 is 2.18 bits per heavy atom. The first-order chi connectivity index (χ1) is 17.7. The van der Waals surface area contributed by atoms with Crippen molar-refractivity contribution >= 4 is 34.8 Å². The van der Waals surface area contributed by atoms with Crippen molar-refractivity contribution in [3.63, 3.8) is 0 Å². The smallest absolute Gasteiger partial charge is 0.435 e. The van der Waals surface area contributed by atoms with E-state index in [2.05, 4.69) is 5.32 Å². The van der Waals surface area contributed by atoms with Gasteiger partial charge in [0, 0.05) is 11.1 Å². The molecule has 0 saturated heterocycles. The molecule has 5 nitrogen and oxygen atoms in total. The number of hydrogen-bond donors (Lipinski definition) is 1. The van der Waals surface area contributed by atoms with Crippen LogP contribution in [0.5, 0.6) is 5.75 Å². The highest BCUT2D eigenvalue weighted by molar-refractivity contribution is 6.34. The number of methoxy groups -OCH3 is 1. The summed E-state index contributed by atoms with van der Waals surface area (Å²) in [7, 11) is 1.25.